The van der Waals surface area contributed by atoms with Gasteiger partial charge < -0.3 is 14.6 Å². The van der Waals surface area contributed by atoms with Crippen molar-refractivity contribution in [2.24, 2.45) is 0 Å². The molecule has 148 valence electrons. The van der Waals surface area contributed by atoms with Crippen LogP contribution in [0.2, 0.25) is 5.02 Å². The quantitative estimate of drug-likeness (QED) is 0.547. The Morgan fingerprint density at radius 1 is 0.963 bits per heavy atom. The van der Waals surface area contributed by atoms with E-state index in [9.17, 15) is 5.11 Å². The van der Waals surface area contributed by atoms with Gasteiger partial charge in [0, 0.05) is 37.9 Å². The molecule has 0 saturated heterocycles. The van der Waals surface area contributed by atoms with Gasteiger partial charge in [-0.1, -0.05) is 54.1 Å². The normalized spacial score (nSPS) is 12.7. The zero-order valence-corrected chi connectivity index (χ0v) is 16.9. The molecule has 0 unspecified atom stereocenters. The summed E-state index contributed by atoms with van der Waals surface area (Å²) in [7, 11) is 0. The van der Waals surface area contributed by atoms with Gasteiger partial charge in [-0.15, -0.1) is 0 Å². The van der Waals surface area contributed by atoms with E-state index >= 15 is 0 Å². The van der Waals surface area contributed by atoms with Crippen LogP contribution < -0.4 is 0 Å². The molecule has 27 heavy (non-hydrogen) atoms. The molecule has 0 aromatic heterocycles. The number of nitrogens with zero attached hydrogens (tertiary/aromatic N) is 1. The van der Waals surface area contributed by atoms with Gasteiger partial charge >= 0.3 is 0 Å². The summed E-state index contributed by atoms with van der Waals surface area (Å²) in [5, 5.41) is 11.3. The Balaban J connectivity index is 2.04. The first kappa shape index (κ1) is 21.9. The van der Waals surface area contributed by atoms with Gasteiger partial charge in [0.25, 0.3) is 0 Å². The molecule has 0 saturated carbocycles. The topological polar surface area (TPSA) is 41.9 Å². The van der Waals surface area contributed by atoms with Crippen LogP contribution in [0.5, 0.6) is 0 Å². The van der Waals surface area contributed by atoms with Gasteiger partial charge in [-0.25, -0.2) is 0 Å². The number of hydrogen-bond donors (Lipinski definition) is 1. The zero-order valence-electron chi connectivity index (χ0n) is 16.2. The molecule has 0 bridgehead atoms. The van der Waals surface area contributed by atoms with E-state index in [0.717, 1.165) is 18.5 Å². The van der Waals surface area contributed by atoms with Crippen molar-refractivity contribution in [3.05, 3.63) is 70.7 Å². The van der Waals surface area contributed by atoms with Crippen molar-refractivity contribution >= 4 is 11.6 Å². The minimum atomic E-state index is -0.622. The number of aliphatic hydroxyl groups is 1. The highest BCUT2D eigenvalue weighted by molar-refractivity contribution is 6.30. The maximum Gasteiger partial charge on any atom is 0.170 e. The third-order valence-corrected chi connectivity index (χ3v) is 4.57. The number of halogens is 1. The van der Waals surface area contributed by atoms with Crippen molar-refractivity contribution < 1.29 is 14.6 Å². The minimum Gasteiger partial charge on any atom is -0.387 e. The van der Waals surface area contributed by atoms with Gasteiger partial charge in [-0.05, 0) is 43.5 Å². The van der Waals surface area contributed by atoms with Crippen molar-refractivity contribution in [3.8, 4) is 0 Å². The van der Waals surface area contributed by atoms with E-state index in [2.05, 4.69) is 17.0 Å². The fraction of sp³-hybridized carbons (Fsp3) is 0.455. The molecule has 0 aliphatic carbocycles. The van der Waals surface area contributed by atoms with Crippen LogP contribution in [-0.4, -0.2) is 49.1 Å². The van der Waals surface area contributed by atoms with Crippen LogP contribution >= 0.6 is 11.6 Å². The molecule has 0 aliphatic rings. The third kappa shape index (κ3) is 7.99. The summed E-state index contributed by atoms with van der Waals surface area (Å²) < 4.78 is 11.4. The molecular weight excluding hydrogens is 362 g/mol. The first-order valence-corrected chi connectivity index (χ1v) is 9.93. The number of aliphatic hydroxyl groups excluding tert-OH is 1. The van der Waals surface area contributed by atoms with Crippen LogP contribution in [0.25, 0.3) is 0 Å². The molecule has 1 N–H and O–H groups in total. The summed E-state index contributed by atoms with van der Waals surface area (Å²) in [5.41, 5.74) is 2.08. The van der Waals surface area contributed by atoms with Crippen LogP contribution in [0, 0.1) is 0 Å². The average Bonchev–Trinajstić information content (AvgIpc) is 2.67. The minimum absolute atomic E-state index is 0.303. The van der Waals surface area contributed by atoms with Crippen LogP contribution in [-0.2, 0) is 15.9 Å². The standard InChI is InChI=1S/C22H30ClNO3/c1-3-26-22(27-4-2)17-24(14-13-18-9-6-5-7-10-18)16-21(25)19-11-8-12-20(23)15-19/h5-12,15,21-22,25H,3-4,13-14,16-17H2,1-2H3/t21-/m0/s1. The maximum atomic E-state index is 10.7. The number of ether oxygens (including phenoxy) is 2. The summed E-state index contributed by atoms with van der Waals surface area (Å²) >= 11 is 6.07. The molecule has 2 rings (SSSR count). The van der Waals surface area contributed by atoms with E-state index in [-0.39, 0.29) is 6.29 Å². The Kier molecular flexibility index (Phi) is 9.81. The predicted molar refractivity (Wildman–Crippen MR) is 110 cm³/mol. The van der Waals surface area contributed by atoms with Gasteiger partial charge in [0.1, 0.15) is 0 Å². The van der Waals surface area contributed by atoms with Crippen LogP contribution in [0.3, 0.4) is 0 Å². The largest absolute Gasteiger partial charge is 0.387 e. The van der Waals surface area contributed by atoms with E-state index in [1.165, 1.54) is 5.56 Å². The number of hydrogen-bond acceptors (Lipinski definition) is 4. The summed E-state index contributed by atoms with van der Waals surface area (Å²) in [6, 6.07) is 17.7. The molecule has 2 aromatic carbocycles. The van der Waals surface area contributed by atoms with Gasteiger partial charge in [-0.2, -0.15) is 0 Å². The fourth-order valence-electron chi connectivity index (χ4n) is 2.99. The van der Waals surface area contributed by atoms with Crippen molar-refractivity contribution in [3.63, 3.8) is 0 Å². The molecule has 0 radical (unpaired) electrons. The van der Waals surface area contributed by atoms with Gasteiger partial charge in [0.15, 0.2) is 6.29 Å². The molecule has 0 fully saturated rings. The molecule has 0 spiro atoms. The molecule has 4 nitrogen and oxygen atoms in total. The van der Waals surface area contributed by atoms with Crippen molar-refractivity contribution in [2.75, 3.05) is 32.8 Å². The Bertz CT molecular complexity index is 647. The van der Waals surface area contributed by atoms with Crippen LogP contribution in [0.15, 0.2) is 54.6 Å². The smallest absolute Gasteiger partial charge is 0.170 e. The molecular formula is C22H30ClNO3. The lowest BCUT2D eigenvalue weighted by Crippen LogP contribution is -2.39. The van der Waals surface area contributed by atoms with Gasteiger partial charge in [0.2, 0.25) is 0 Å². The molecule has 0 amide bonds. The Labute approximate surface area is 167 Å². The van der Waals surface area contributed by atoms with Crippen LogP contribution in [0.4, 0.5) is 0 Å². The lowest BCUT2D eigenvalue weighted by atomic mass is 10.1. The predicted octanol–water partition coefficient (Wildman–Crippen LogP) is 4.32. The second kappa shape index (κ2) is 12.1. The maximum absolute atomic E-state index is 10.7. The van der Waals surface area contributed by atoms with Crippen LogP contribution in [0.1, 0.15) is 31.1 Å². The lowest BCUT2D eigenvalue weighted by Gasteiger charge is -2.29. The van der Waals surface area contributed by atoms with E-state index in [4.69, 9.17) is 21.1 Å². The van der Waals surface area contributed by atoms with Crippen molar-refractivity contribution in [1.29, 1.82) is 0 Å². The van der Waals surface area contributed by atoms with E-state index in [1.807, 2.05) is 56.3 Å². The monoisotopic (exact) mass is 391 g/mol. The fourth-order valence-corrected chi connectivity index (χ4v) is 3.19. The summed E-state index contributed by atoms with van der Waals surface area (Å²) in [6.45, 7) is 7.00. The highest BCUT2D eigenvalue weighted by Gasteiger charge is 2.19. The lowest BCUT2D eigenvalue weighted by molar-refractivity contribution is -0.149. The van der Waals surface area contributed by atoms with E-state index in [1.54, 1.807) is 0 Å². The molecule has 1 atom stereocenters. The second-order valence-corrected chi connectivity index (χ2v) is 6.84. The third-order valence-electron chi connectivity index (χ3n) is 4.34. The number of benzene rings is 2. The average molecular weight is 392 g/mol. The van der Waals surface area contributed by atoms with Gasteiger partial charge in [0.05, 0.1) is 6.10 Å². The highest BCUT2D eigenvalue weighted by atomic mass is 35.5. The first-order chi connectivity index (χ1) is 13.1. The van der Waals surface area contributed by atoms with E-state index in [0.29, 0.717) is 31.3 Å². The Hall–Kier alpha value is -1.43. The summed E-state index contributed by atoms with van der Waals surface area (Å²) in [6.07, 6.45) is -0.0284. The molecule has 2 aromatic rings. The summed E-state index contributed by atoms with van der Waals surface area (Å²) in [5.74, 6) is 0. The van der Waals surface area contributed by atoms with Crippen molar-refractivity contribution in [1.82, 2.24) is 4.90 Å². The molecule has 0 aliphatic heterocycles. The van der Waals surface area contributed by atoms with E-state index < -0.39 is 6.10 Å². The molecule has 0 heterocycles. The molecule has 5 heteroatoms. The zero-order chi connectivity index (χ0) is 19.5. The Morgan fingerprint density at radius 2 is 1.67 bits per heavy atom. The first-order valence-electron chi connectivity index (χ1n) is 9.55. The van der Waals surface area contributed by atoms with Gasteiger partial charge in [-0.3, -0.25) is 4.90 Å². The number of rotatable bonds is 12. The summed E-state index contributed by atoms with van der Waals surface area (Å²) in [4.78, 5) is 2.19. The second-order valence-electron chi connectivity index (χ2n) is 6.41. The van der Waals surface area contributed by atoms with Crippen molar-refractivity contribution in [2.45, 2.75) is 32.7 Å². The highest BCUT2D eigenvalue weighted by Crippen LogP contribution is 2.19. The SMILES string of the molecule is CCOC(CN(CCc1ccccc1)C[C@H](O)c1cccc(Cl)c1)OCC. The Morgan fingerprint density at radius 3 is 2.30 bits per heavy atom.